The predicted octanol–water partition coefficient (Wildman–Crippen LogP) is 5.98. The van der Waals surface area contributed by atoms with E-state index in [4.69, 9.17) is 0 Å². The molecular formula is C19H27NO2. The number of phenols is 1. The van der Waals surface area contributed by atoms with E-state index in [9.17, 15) is 10.0 Å². The third-order valence-electron chi connectivity index (χ3n) is 3.65. The minimum atomic E-state index is 0.175. The number of allylic oxidation sites excluding steroid dienone is 4. The summed E-state index contributed by atoms with van der Waals surface area (Å²) in [6, 6.07) is 3.54. The van der Waals surface area contributed by atoms with Crippen molar-refractivity contribution in [3.05, 3.63) is 51.5 Å². The highest BCUT2D eigenvalue weighted by atomic mass is 16.3. The van der Waals surface area contributed by atoms with Crippen LogP contribution in [0.15, 0.2) is 40.6 Å². The van der Waals surface area contributed by atoms with E-state index in [-0.39, 0.29) is 5.75 Å². The number of phenolic OH excluding ortho intramolecular Hbond substituents is 1. The van der Waals surface area contributed by atoms with Gasteiger partial charge in [-0.3, -0.25) is 0 Å². The van der Waals surface area contributed by atoms with Crippen molar-refractivity contribution in [2.45, 2.75) is 59.8 Å². The highest BCUT2D eigenvalue weighted by Gasteiger charge is 2.10. The van der Waals surface area contributed by atoms with Crippen LogP contribution < -0.4 is 0 Å². The summed E-state index contributed by atoms with van der Waals surface area (Å²) in [5.74, 6) is 0.175. The SMILES string of the molecule is CCCc1cc(O)c(C/C=C(\C)CCC=C(C)C)c(N=O)c1. The van der Waals surface area contributed by atoms with E-state index in [0.717, 1.165) is 31.2 Å². The van der Waals surface area contributed by atoms with Crippen LogP contribution in [0.5, 0.6) is 5.75 Å². The second kappa shape index (κ2) is 9.19. The molecule has 0 aromatic heterocycles. The number of rotatable bonds is 8. The maximum absolute atomic E-state index is 11.0. The van der Waals surface area contributed by atoms with Crippen LogP contribution in [0.2, 0.25) is 0 Å². The molecule has 0 heterocycles. The molecule has 3 nitrogen and oxygen atoms in total. The Labute approximate surface area is 133 Å². The molecule has 0 unspecified atom stereocenters. The average Bonchev–Trinajstić information content (AvgIpc) is 2.45. The lowest BCUT2D eigenvalue weighted by Crippen LogP contribution is -1.90. The van der Waals surface area contributed by atoms with E-state index in [2.05, 4.69) is 45.0 Å². The molecule has 1 aromatic rings. The first-order valence-electron chi connectivity index (χ1n) is 7.95. The fourth-order valence-corrected chi connectivity index (χ4v) is 2.39. The number of hydrogen-bond acceptors (Lipinski definition) is 3. The summed E-state index contributed by atoms with van der Waals surface area (Å²) < 4.78 is 0. The van der Waals surface area contributed by atoms with Crippen molar-refractivity contribution in [3.63, 3.8) is 0 Å². The van der Waals surface area contributed by atoms with Gasteiger partial charge in [-0.2, -0.15) is 0 Å². The van der Waals surface area contributed by atoms with E-state index in [1.165, 1.54) is 11.1 Å². The van der Waals surface area contributed by atoms with E-state index < -0.39 is 0 Å². The summed E-state index contributed by atoms with van der Waals surface area (Å²) in [6.45, 7) is 8.33. The van der Waals surface area contributed by atoms with Crippen molar-refractivity contribution >= 4 is 5.69 Å². The molecule has 22 heavy (non-hydrogen) atoms. The maximum atomic E-state index is 11.0. The van der Waals surface area contributed by atoms with Gasteiger partial charge in [0.15, 0.2) is 0 Å². The lowest BCUT2D eigenvalue weighted by molar-refractivity contribution is 0.469. The Hall–Kier alpha value is -1.90. The Bertz CT molecular complexity index is 567. The van der Waals surface area contributed by atoms with Gasteiger partial charge in [0, 0.05) is 5.56 Å². The summed E-state index contributed by atoms with van der Waals surface area (Å²) in [7, 11) is 0. The van der Waals surface area contributed by atoms with Gasteiger partial charge >= 0.3 is 0 Å². The van der Waals surface area contributed by atoms with Crippen molar-refractivity contribution in [1.29, 1.82) is 0 Å². The van der Waals surface area contributed by atoms with Crippen LogP contribution in [0, 0.1) is 4.91 Å². The molecule has 0 saturated carbocycles. The van der Waals surface area contributed by atoms with Gasteiger partial charge in [0.25, 0.3) is 0 Å². The molecule has 0 spiro atoms. The topological polar surface area (TPSA) is 49.7 Å². The fourth-order valence-electron chi connectivity index (χ4n) is 2.39. The van der Waals surface area contributed by atoms with Gasteiger partial charge in [-0.05, 0) is 69.3 Å². The van der Waals surface area contributed by atoms with Gasteiger partial charge < -0.3 is 5.11 Å². The molecule has 1 N–H and O–H groups in total. The van der Waals surface area contributed by atoms with E-state index in [0.29, 0.717) is 17.7 Å². The Morgan fingerprint density at radius 2 is 1.95 bits per heavy atom. The van der Waals surface area contributed by atoms with Crippen LogP contribution in [0.4, 0.5) is 5.69 Å². The third-order valence-corrected chi connectivity index (χ3v) is 3.65. The standard InChI is InChI=1S/C19H27NO2/c1-5-7-16-12-18(20-22)17(19(21)13-16)11-10-15(4)9-6-8-14(2)3/h8,10,12-13,21H,5-7,9,11H2,1-4H3/b15-10+. The number of hydrogen-bond donors (Lipinski definition) is 1. The van der Waals surface area contributed by atoms with Crippen molar-refractivity contribution < 1.29 is 5.11 Å². The van der Waals surface area contributed by atoms with Gasteiger partial charge in [0.05, 0.1) is 0 Å². The molecule has 0 aliphatic carbocycles. The quantitative estimate of drug-likeness (QED) is 0.474. The van der Waals surface area contributed by atoms with Crippen LogP contribution in [-0.2, 0) is 12.8 Å². The molecule has 0 saturated heterocycles. The third kappa shape index (κ3) is 5.84. The Kier molecular flexibility index (Phi) is 7.58. The predicted molar refractivity (Wildman–Crippen MR) is 93.7 cm³/mol. The molecule has 0 fully saturated rings. The molecule has 1 rings (SSSR count). The van der Waals surface area contributed by atoms with Gasteiger partial charge in [-0.1, -0.05) is 36.6 Å². The lowest BCUT2D eigenvalue weighted by atomic mass is 10.0. The molecule has 0 atom stereocenters. The van der Waals surface area contributed by atoms with Gasteiger partial charge in [0.1, 0.15) is 11.4 Å². The smallest absolute Gasteiger partial charge is 0.121 e. The van der Waals surface area contributed by atoms with Crippen LogP contribution >= 0.6 is 0 Å². The first kappa shape index (κ1) is 18.1. The second-order valence-electron chi connectivity index (χ2n) is 6.03. The van der Waals surface area contributed by atoms with Crippen LogP contribution in [0.3, 0.4) is 0 Å². The van der Waals surface area contributed by atoms with E-state index in [1.54, 1.807) is 12.1 Å². The molecule has 0 amide bonds. The highest BCUT2D eigenvalue weighted by molar-refractivity contribution is 5.56. The van der Waals surface area contributed by atoms with Crippen LogP contribution in [0.25, 0.3) is 0 Å². The lowest BCUT2D eigenvalue weighted by Gasteiger charge is -2.08. The molecule has 3 heteroatoms. The number of aryl methyl sites for hydroxylation is 1. The minimum absolute atomic E-state index is 0.175. The molecular weight excluding hydrogens is 274 g/mol. The second-order valence-corrected chi connectivity index (χ2v) is 6.03. The Morgan fingerprint density at radius 1 is 1.23 bits per heavy atom. The number of aromatic hydroxyl groups is 1. The molecule has 0 radical (unpaired) electrons. The highest BCUT2D eigenvalue weighted by Crippen LogP contribution is 2.31. The summed E-state index contributed by atoms with van der Waals surface area (Å²) in [5.41, 5.74) is 4.52. The van der Waals surface area contributed by atoms with Crippen molar-refractivity contribution in [3.8, 4) is 5.75 Å². The number of nitrogens with zero attached hydrogens (tertiary/aromatic N) is 1. The molecule has 1 aromatic carbocycles. The zero-order chi connectivity index (χ0) is 16.5. The zero-order valence-electron chi connectivity index (χ0n) is 14.1. The van der Waals surface area contributed by atoms with Crippen molar-refractivity contribution in [1.82, 2.24) is 0 Å². The minimum Gasteiger partial charge on any atom is -0.508 e. The van der Waals surface area contributed by atoms with E-state index in [1.807, 2.05) is 0 Å². The van der Waals surface area contributed by atoms with E-state index >= 15 is 0 Å². The Balaban J connectivity index is 2.84. The summed E-state index contributed by atoms with van der Waals surface area (Å²) in [6.07, 6.45) is 8.65. The monoisotopic (exact) mass is 301 g/mol. The van der Waals surface area contributed by atoms with Gasteiger partial charge in [0.2, 0.25) is 0 Å². The van der Waals surface area contributed by atoms with Crippen molar-refractivity contribution in [2.75, 3.05) is 0 Å². The first-order valence-corrected chi connectivity index (χ1v) is 7.95. The van der Waals surface area contributed by atoms with Gasteiger partial charge in [-0.15, -0.1) is 4.91 Å². The number of benzene rings is 1. The molecule has 0 bridgehead atoms. The summed E-state index contributed by atoms with van der Waals surface area (Å²) in [4.78, 5) is 11.0. The van der Waals surface area contributed by atoms with Gasteiger partial charge in [-0.25, -0.2) is 0 Å². The van der Waals surface area contributed by atoms with Crippen LogP contribution in [-0.4, -0.2) is 5.11 Å². The fraction of sp³-hybridized carbons (Fsp3) is 0.474. The van der Waals surface area contributed by atoms with Crippen molar-refractivity contribution in [2.24, 2.45) is 5.18 Å². The number of nitroso groups, excluding NO2 is 1. The summed E-state index contributed by atoms with van der Waals surface area (Å²) in [5, 5.41) is 13.2. The largest absolute Gasteiger partial charge is 0.508 e. The Morgan fingerprint density at radius 3 is 2.55 bits per heavy atom. The molecule has 120 valence electrons. The maximum Gasteiger partial charge on any atom is 0.121 e. The zero-order valence-corrected chi connectivity index (χ0v) is 14.1. The first-order chi connectivity index (χ1) is 10.5. The van der Waals surface area contributed by atoms with Crippen LogP contribution in [0.1, 0.15) is 58.1 Å². The molecule has 0 aliphatic rings. The average molecular weight is 301 g/mol. The normalized spacial score (nSPS) is 11.4. The molecule has 0 aliphatic heterocycles. The summed E-state index contributed by atoms with van der Waals surface area (Å²) >= 11 is 0.